The van der Waals surface area contributed by atoms with E-state index in [-0.39, 0.29) is 29.5 Å². The number of ether oxygens (including phenoxy) is 1. The van der Waals surface area contributed by atoms with Gasteiger partial charge in [-0.05, 0) is 52.7 Å². The lowest BCUT2D eigenvalue weighted by molar-refractivity contribution is -0.384. The highest BCUT2D eigenvalue weighted by Crippen LogP contribution is 2.38. The number of benzene rings is 1. The summed E-state index contributed by atoms with van der Waals surface area (Å²) >= 11 is 0. The smallest absolute Gasteiger partial charge is 0.269 e. The average molecular weight is 352 g/mol. The summed E-state index contributed by atoms with van der Waals surface area (Å²) in [6.45, 7) is 8.81. The van der Waals surface area contributed by atoms with Crippen LogP contribution in [0, 0.1) is 10.1 Å². The first-order valence-electron chi connectivity index (χ1n) is 8.52. The van der Waals surface area contributed by atoms with Crippen molar-refractivity contribution in [2.75, 3.05) is 13.2 Å². The van der Waals surface area contributed by atoms with Crippen LogP contribution in [-0.2, 0) is 0 Å². The van der Waals surface area contributed by atoms with Gasteiger partial charge in [-0.15, -0.1) is 0 Å². The number of rotatable bonds is 6. The number of aliphatic hydroxyl groups excluding tert-OH is 2. The van der Waals surface area contributed by atoms with Crippen LogP contribution < -0.4 is 4.74 Å². The fraction of sp³-hybridized carbons (Fsp3) is 0.667. The quantitative estimate of drug-likeness (QED) is 0.603. The molecule has 1 heterocycles. The van der Waals surface area contributed by atoms with Crippen LogP contribution in [0.1, 0.15) is 40.5 Å². The first-order chi connectivity index (χ1) is 11.5. The highest BCUT2D eigenvalue weighted by atomic mass is 16.6. The Morgan fingerprint density at radius 2 is 1.76 bits per heavy atom. The molecular weight excluding hydrogens is 324 g/mol. The molecule has 1 aliphatic rings. The second kappa shape index (κ2) is 7.27. The second-order valence-electron chi connectivity index (χ2n) is 8.01. The summed E-state index contributed by atoms with van der Waals surface area (Å²) in [6.07, 6.45) is 0.275. The highest BCUT2D eigenvalue weighted by molar-refractivity contribution is 5.35. The van der Waals surface area contributed by atoms with E-state index in [1.165, 1.54) is 24.3 Å². The van der Waals surface area contributed by atoms with Crippen LogP contribution in [0.3, 0.4) is 0 Å². The topological polar surface area (TPSA) is 96.1 Å². The minimum Gasteiger partial charge on any atom is -0.491 e. The van der Waals surface area contributed by atoms with E-state index in [0.29, 0.717) is 25.1 Å². The number of piperidine rings is 1. The van der Waals surface area contributed by atoms with Gasteiger partial charge in [-0.2, -0.15) is 0 Å². The zero-order valence-electron chi connectivity index (χ0n) is 15.3. The predicted molar refractivity (Wildman–Crippen MR) is 94.7 cm³/mol. The Morgan fingerprint density at radius 3 is 2.24 bits per heavy atom. The van der Waals surface area contributed by atoms with Gasteiger partial charge in [0.2, 0.25) is 0 Å². The van der Waals surface area contributed by atoms with Gasteiger partial charge in [0.15, 0.2) is 0 Å². The summed E-state index contributed by atoms with van der Waals surface area (Å²) < 4.78 is 5.55. The van der Waals surface area contributed by atoms with Crippen molar-refractivity contribution >= 4 is 5.69 Å². The van der Waals surface area contributed by atoms with Crippen molar-refractivity contribution < 1.29 is 19.9 Å². The lowest BCUT2D eigenvalue weighted by Crippen LogP contribution is -2.63. The molecule has 140 valence electrons. The fourth-order valence-electron chi connectivity index (χ4n) is 3.88. The third-order valence-electron chi connectivity index (χ3n) is 4.81. The summed E-state index contributed by atoms with van der Waals surface area (Å²) in [6, 6.07) is 5.80. The molecule has 1 aromatic rings. The third-order valence-corrected chi connectivity index (χ3v) is 4.81. The molecule has 1 atom stereocenters. The zero-order valence-corrected chi connectivity index (χ0v) is 15.3. The maximum absolute atomic E-state index is 10.6. The highest BCUT2D eigenvalue weighted by Gasteiger charge is 2.45. The summed E-state index contributed by atoms with van der Waals surface area (Å²) in [7, 11) is 0. The van der Waals surface area contributed by atoms with Gasteiger partial charge in [0.25, 0.3) is 5.69 Å². The lowest BCUT2D eigenvalue weighted by atomic mass is 9.78. The number of nitro groups is 1. The lowest BCUT2D eigenvalue weighted by Gasteiger charge is -2.54. The van der Waals surface area contributed by atoms with Crippen LogP contribution in [0.15, 0.2) is 24.3 Å². The Hall–Kier alpha value is -1.70. The third kappa shape index (κ3) is 4.90. The number of non-ortho nitro benzene ring substituents is 1. The van der Waals surface area contributed by atoms with E-state index in [1.54, 1.807) is 0 Å². The van der Waals surface area contributed by atoms with E-state index in [9.17, 15) is 20.3 Å². The molecule has 0 radical (unpaired) electrons. The molecule has 0 aromatic heterocycles. The predicted octanol–water partition coefficient (Wildman–Crippen LogP) is 2.35. The van der Waals surface area contributed by atoms with Gasteiger partial charge in [0, 0.05) is 29.8 Å². The van der Waals surface area contributed by atoms with Crippen molar-refractivity contribution in [2.45, 2.75) is 63.8 Å². The van der Waals surface area contributed by atoms with Crippen molar-refractivity contribution in [3.05, 3.63) is 34.4 Å². The van der Waals surface area contributed by atoms with E-state index in [4.69, 9.17) is 4.74 Å². The van der Waals surface area contributed by atoms with E-state index in [2.05, 4.69) is 32.6 Å². The number of hydrogen-bond acceptors (Lipinski definition) is 6. The summed E-state index contributed by atoms with van der Waals surface area (Å²) in [5.74, 6) is 0.484. The largest absolute Gasteiger partial charge is 0.491 e. The molecule has 2 rings (SSSR count). The van der Waals surface area contributed by atoms with Gasteiger partial charge in [-0.25, -0.2) is 0 Å². The van der Waals surface area contributed by atoms with E-state index >= 15 is 0 Å². The fourth-order valence-corrected chi connectivity index (χ4v) is 3.88. The van der Waals surface area contributed by atoms with Gasteiger partial charge in [0.1, 0.15) is 18.5 Å². The van der Waals surface area contributed by atoms with Crippen molar-refractivity contribution in [3.63, 3.8) is 0 Å². The molecule has 25 heavy (non-hydrogen) atoms. The SMILES string of the molecule is CC1(C)CC(O)CC(C)(C)N1C[C@@H](O)COc1ccc([N+](=O)[O-])cc1. The van der Waals surface area contributed by atoms with E-state index in [1.807, 2.05) is 0 Å². The van der Waals surface area contributed by atoms with Gasteiger partial charge < -0.3 is 14.9 Å². The molecule has 1 saturated heterocycles. The Kier molecular flexibility index (Phi) is 5.71. The van der Waals surface area contributed by atoms with E-state index < -0.39 is 11.0 Å². The molecule has 0 unspecified atom stereocenters. The minimum absolute atomic E-state index is 0.00303. The Bertz CT molecular complexity index is 582. The number of likely N-dealkylation sites (tertiary alicyclic amines) is 1. The first-order valence-corrected chi connectivity index (χ1v) is 8.52. The molecule has 1 fully saturated rings. The Labute approximate surface area is 148 Å². The van der Waals surface area contributed by atoms with Crippen LogP contribution in [0.4, 0.5) is 5.69 Å². The number of nitro benzene ring substituents is 1. The summed E-state index contributed by atoms with van der Waals surface area (Å²) in [4.78, 5) is 12.4. The molecule has 0 saturated carbocycles. The second-order valence-corrected chi connectivity index (χ2v) is 8.01. The number of β-amino-alcohol motifs (C(OH)–C–C–N with tert-alkyl or cyclic N) is 1. The molecular formula is C18H28N2O5. The van der Waals surface area contributed by atoms with Gasteiger partial charge in [-0.3, -0.25) is 15.0 Å². The van der Waals surface area contributed by atoms with Crippen molar-refractivity contribution in [3.8, 4) is 5.75 Å². The molecule has 7 nitrogen and oxygen atoms in total. The maximum atomic E-state index is 10.6. The Morgan fingerprint density at radius 1 is 1.24 bits per heavy atom. The molecule has 0 bridgehead atoms. The van der Waals surface area contributed by atoms with E-state index in [0.717, 1.165) is 0 Å². The first kappa shape index (κ1) is 19.6. The van der Waals surface area contributed by atoms with Gasteiger partial charge in [-0.1, -0.05) is 0 Å². The molecule has 0 aliphatic carbocycles. The van der Waals surface area contributed by atoms with Crippen molar-refractivity contribution in [1.82, 2.24) is 4.90 Å². The van der Waals surface area contributed by atoms with Crippen LogP contribution in [0.25, 0.3) is 0 Å². The normalized spacial score (nSPS) is 21.7. The Balaban J connectivity index is 1.94. The minimum atomic E-state index is -0.705. The molecule has 7 heteroatoms. The summed E-state index contributed by atoms with van der Waals surface area (Å²) in [5.41, 5.74) is -0.450. The standard InChI is InChI=1S/C18H28N2O5/c1-17(2)9-14(21)10-18(3,4)19(17)11-15(22)12-25-16-7-5-13(6-8-16)20(23)24/h5-8,14-15,21-22H,9-12H2,1-4H3/t15-/m1/s1. The van der Waals surface area contributed by atoms with Crippen LogP contribution in [0.2, 0.25) is 0 Å². The van der Waals surface area contributed by atoms with Gasteiger partial charge >= 0.3 is 0 Å². The number of aliphatic hydroxyl groups is 2. The molecule has 0 amide bonds. The van der Waals surface area contributed by atoms with Crippen LogP contribution in [0.5, 0.6) is 5.75 Å². The van der Waals surface area contributed by atoms with Crippen molar-refractivity contribution in [2.24, 2.45) is 0 Å². The van der Waals surface area contributed by atoms with Crippen molar-refractivity contribution in [1.29, 1.82) is 0 Å². The zero-order chi connectivity index (χ0) is 18.8. The number of nitrogens with zero attached hydrogens (tertiary/aromatic N) is 2. The number of hydrogen-bond donors (Lipinski definition) is 2. The average Bonchev–Trinajstić information content (AvgIpc) is 2.48. The molecule has 0 spiro atoms. The molecule has 2 N–H and O–H groups in total. The maximum Gasteiger partial charge on any atom is 0.269 e. The van der Waals surface area contributed by atoms with Crippen LogP contribution >= 0.6 is 0 Å². The summed E-state index contributed by atoms with van der Waals surface area (Å²) in [5, 5.41) is 31.1. The van der Waals surface area contributed by atoms with Gasteiger partial charge in [0.05, 0.1) is 11.0 Å². The monoisotopic (exact) mass is 352 g/mol. The van der Waals surface area contributed by atoms with Crippen LogP contribution in [-0.4, -0.2) is 56.5 Å². The molecule has 1 aliphatic heterocycles. The molecule has 1 aromatic carbocycles.